The maximum absolute atomic E-state index is 13.9. The number of benzene rings is 1. The Morgan fingerprint density at radius 3 is 2.64 bits per heavy atom. The summed E-state index contributed by atoms with van der Waals surface area (Å²) in [7, 11) is 3.77. The summed E-state index contributed by atoms with van der Waals surface area (Å²) in [6, 6.07) is 7.98. The van der Waals surface area contributed by atoms with Gasteiger partial charge in [0.2, 0.25) is 0 Å². The van der Waals surface area contributed by atoms with Crippen LogP contribution in [0.2, 0.25) is 0 Å². The number of rotatable bonds is 6. The van der Waals surface area contributed by atoms with Crippen LogP contribution >= 0.6 is 0 Å². The van der Waals surface area contributed by atoms with Crippen LogP contribution in [0.1, 0.15) is 11.1 Å². The van der Waals surface area contributed by atoms with Gasteiger partial charge < -0.3 is 10.2 Å². The molecule has 0 bridgehead atoms. The molecule has 2 aromatic rings. The fraction of sp³-hybridized carbons (Fsp3) is 0.267. The van der Waals surface area contributed by atoms with Crippen LogP contribution in [-0.2, 0) is 13.1 Å². The summed E-state index contributed by atoms with van der Waals surface area (Å²) in [6.07, 6.45) is 1.18. The van der Waals surface area contributed by atoms with Gasteiger partial charge in [0, 0.05) is 24.7 Å². The first-order valence-corrected chi connectivity index (χ1v) is 6.72. The third-order valence-corrected chi connectivity index (χ3v) is 3.04. The highest BCUT2D eigenvalue weighted by Gasteiger charge is 2.07. The van der Waals surface area contributed by atoms with Gasteiger partial charge in [0.15, 0.2) is 0 Å². The molecule has 0 amide bonds. The van der Waals surface area contributed by atoms with E-state index in [1.807, 2.05) is 25.1 Å². The van der Waals surface area contributed by atoms with Gasteiger partial charge in [0.05, 0.1) is 4.92 Å². The van der Waals surface area contributed by atoms with E-state index in [0.29, 0.717) is 24.5 Å². The van der Waals surface area contributed by atoms with Gasteiger partial charge in [-0.1, -0.05) is 12.1 Å². The van der Waals surface area contributed by atoms with Crippen LogP contribution in [0.15, 0.2) is 36.5 Å². The van der Waals surface area contributed by atoms with Gasteiger partial charge in [0.25, 0.3) is 5.69 Å². The van der Waals surface area contributed by atoms with E-state index in [1.54, 1.807) is 6.07 Å². The number of hydrogen-bond acceptors (Lipinski definition) is 5. The monoisotopic (exact) mass is 304 g/mol. The van der Waals surface area contributed by atoms with Crippen LogP contribution in [0.5, 0.6) is 0 Å². The number of nitrogens with one attached hydrogen (secondary N) is 1. The maximum Gasteiger partial charge on any atom is 0.287 e. The third-order valence-electron chi connectivity index (χ3n) is 3.04. The summed E-state index contributed by atoms with van der Waals surface area (Å²) in [5.74, 6) is 0.257. The van der Waals surface area contributed by atoms with Crippen LogP contribution in [0.4, 0.5) is 15.9 Å². The molecule has 7 heteroatoms. The van der Waals surface area contributed by atoms with Crippen LogP contribution in [0.3, 0.4) is 0 Å². The molecule has 0 aliphatic heterocycles. The minimum atomic E-state index is -0.504. The molecule has 116 valence electrons. The molecule has 1 heterocycles. The fourth-order valence-corrected chi connectivity index (χ4v) is 1.96. The second-order valence-electron chi connectivity index (χ2n) is 5.18. The average molecular weight is 304 g/mol. The summed E-state index contributed by atoms with van der Waals surface area (Å²) < 4.78 is 13.9. The molecule has 22 heavy (non-hydrogen) atoms. The van der Waals surface area contributed by atoms with Crippen molar-refractivity contribution in [2.45, 2.75) is 13.1 Å². The highest BCUT2D eigenvalue weighted by Crippen LogP contribution is 2.15. The number of halogens is 1. The molecule has 0 unspecified atom stereocenters. The van der Waals surface area contributed by atoms with Crippen molar-refractivity contribution in [1.82, 2.24) is 9.88 Å². The zero-order chi connectivity index (χ0) is 16.1. The molecular formula is C15H17FN4O2. The Balaban J connectivity index is 1.99. The standard InChI is InChI=1S/C15H17FN4O2/c1-19(2)10-12-4-3-11(7-14(12)16)8-17-15-6-5-13(9-18-15)20(21)22/h3-7,9H,8,10H2,1-2H3,(H,17,18). The van der Waals surface area contributed by atoms with E-state index in [2.05, 4.69) is 10.3 Å². The molecule has 2 rings (SSSR count). The predicted molar refractivity (Wildman–Crippen MR) is 82.0 cm³/mol. The summed E-state index contributed by atoms with van der Waals surface area (Å²) >= 11 is 0. The van der Waals surface area contributed by atoms with Gasteiger partial charge in [-0.3, -0.25) is 10.1 Å². The average Bonchev–Trinajstić information content (AvgIpc) is 2.47. The van der Waals surface area contributed by atoms with E-state index in [1.165, 1.54) is 24.4 Å². The zero-order valence-electron chi connectivity index (χ0n) is 12.4. The third kappa shape index (κ3) is 4.23. The number of nitro groups is 1. The lowest BCUT2D eigenvalue weighted by molar-refractivity contribution is -0.385. The van der Waals surface area contributed by atoms with Gasteiger partial charge in [-0.05, 0) is 31.8 Å². The quantitative estimate of drug-likeness (QED) is 0.656. The van der Waals surface area contributed by atoms with Gasteiger partial charge >= 0.3 is 0 Å². The Bertz CT molecular complexity index is 659. The Labute approximate surface area is 127 Å². The molecule has 0 aliphatic rings. The summed E-state index contributed by atoms with van der Waals surface area (Å²) in [5, 5.41) is 13.5. The van der Waals surface area contributed by atoms with Gasteiger partial charge in [-0.25, -0.2) is 9.37 Å². The Hall–Kier alpha value is -2.54. The summed E-state index contributed by atoms with van der Waals surface area (Å²) in [6.45, 7) is 0.938. The first-order chi connectivity index (χ1) is 10.5. The molecule has 0 saturated carbocycles. The van der Waals surface area contributed by atoms with Crippen molar-refractivity contribution < 1.29 is 9.31 Å². The lowest BCUT2D eigenvalue weighted by atomic mass is 10.1. The number of hydrogen-bond donors (Lipinski definition) is 1. The first kappa shape index (κ1) is 15.8. The van der Waals surface area contributed by atoms with E-state index in [0.717, 1.165) is 5.56 Å². The molecule has 0 radical (unpaired) electrons. The van der Waals surface area contributed by atoms with Crippen LogP contribution < -0.4 is 5.32 Å². The van der Waals surface area contributed by atoms with Crippen molar-refractivity contribution in [2.24, 2.45) is 0 Å². The second-order valence-corrected chi connectivity index (χ2v) is 5.18. The normalized spacial score (nSPS) is 10.7. The van der Waals surface area contributed by atoms with Crippen LogP contribution in [0, 0.1) is 15.9 Å². The predicted octanol–water partition coefficient (Wildman–Crippen LogP) is 2.80. The van der Waals surface area contributed by atoms with Crippen molar-refractivity contribution in [3.05, 3.63) is 63.6 Å². The number of anilines is 1. The zero-order valence-corrected chi connectivity index (χ0v) is 12.4. The molecule has 0 aliphatic carbocycles. The molecular weight excluding hydrogens is 287 g/mol. The van der Waals surface area contributed by atoms with E-state index < -0.39 is 4.92 Å². The van der Waals surface area contributed by atoms with E-state index in [4.69, 9.17) is 0 Å². The minimum absolute atomic E-state index is 0.0652. The van der Waals surface area contributed by atoms with Crippen molar-refractivity contribution in [1.29, 1.82) is 0 Å². The van der Waals surface area contributed by atoms with Crippen molar-refractivity contribution >= 4 is 11.5 Å². The Morgan fingerprint density at radius 2 is 2.09 bits per heavy atom. The lowest BCUT2D eigenvalue weighted by Gasteiger charge is -2.12. The number of aromatic nitrogens is 1. The van der Waals surface area contributed by atoms with Gasteiger partial charge in [0.1, 0.15) is 17.8 Å². The largest absolute Gasteiger partial charge is 0.366 e. The summed E-state index contributed by atoms with van der Waals surface area (Å²) in [5.41, 5.74) is 1.35. The molecule has 0 spiro atoms. The Morgan fingerprint density at radius 1 is 1.32 bits per heavy atom. The molecule has 6 nitrogen and oxygen atoms in total. The topological polar surface area (TPSA) is 71.3 Å². The van der Waals surface area contributed by atoms with Crippen molar-refractivity contribution in [3.8, 4) is 0 Å². The molecule has 1 N–H and O–H groups in total. The van der Waals surface area contributed by atoms with Crippen LogP contribution in [-0.4, -0.2) is 28.9 Å². The number of pyridine rings is 1. The highest BCUT2D eigenvalue weighted by atomic mass is 19.1. The first-order valence-electron chi connectivity index (χ1n) is 6.72. The van der Waals surface area contributed by atoms with E-state index >= 15 is 0 Å². The molecule has 1 aromatic heterocycles. The van der Waals surface area contributed by atoms with E-state index in [-0.39, 0.29) is 11.5 Å². The molecule has 0 fully saturated rings. The van der Waals surface area contributed by atoms with Crippen molar-refractivity contribution in [3.63, 3.8) is 0 Å². The Kier molecular flexibility index (Phi) is 5.00. The number of nitrogens with zero attached hydrogens (tertiary/aromatic N) is 3. The molecule has 0 saturated heterocycles. The lowest BCUT2D eigenvalue weighted by Crippen LogP contribution is -2.12. The SMILES string of the molecule is CN(C)Cc1ccc(CNc2ccc([N+](=O)[O-])cn2)cc1F. The molecule has 1 aromatic carbocycles. The smallest absolute Gasteiger partial charge is 0.287 e. The fourth-order valence-electron chi connectivity index (χ4n) is 1.96. The van der Waals surface area contributed by atoms with Gasteiger partial charge in [-0.2, -0.15) is 0 Å². The second kappa shape index (κ2) is 6.95. The van der Waals surface area contributed by atoms with Crippen LogP contribution in [0.25, 0.3) is 0 Å². The maximum atomic E-state index is 13.9. The van der Waals surface area contributed by atoms with Crippen molar-refractivity contribution in [2.75, 3.05) is 19.4 Å². The minimum Gasteiger partial charge on any atom is -0.366 e. The highest BCUT2D eigenvalue weighted by molar-refractivity contribution is 5.41. The molecule has 0 atom stereocenters. The van der Waals surface area contributed by atoms with Gasteiger partial charge in [-0.15, -0.1) is 0 Å². The summed E-state index contributed by atoms with van der Waals surface area (Å²) in [4.78, 5) is 15.9. The van der Waals surface area contributed by atoms with E-state index in [9.17, 15) is 14.5 Å².